The summed E-state index contributed by atoms with van der Waals surface area (Å²) in [5, 5.41) is 0.201. The van der Waals surface area contributed by atoms with Gasteiger partial charge in [-0.15, -0.1) is 0 Å². The van der Waals surface area contributed by atoms with Crippen LogP contribution in [0.25, 0.3) is 11.1 Å². The number of hydrogen-bond donors (Lipinski definition) is 0. The molecule has 0 N–H and O–H groups in total. The number of rotatable bonds is 28. The molecule has 6 rings (SSSR count). The molecule has 0 spiro atoms. The second-order valence-electron chi connectivity index (χ2n) is 18.3. The largest absolute Gasteiger partial charge is 0.442 e. The molecule has 8 heteroatoms. The third-order valence-electron chi connectivity index (χ3n) is 13.2. The van der Waals surface area contributed by atoms with Crippen LogP contribution in [0.3, 0.4) is 0 Å². The molecule has 68 heavy (non-hydrogen) atoms. The Balaban J connectivity index is 1.54. The van der Waals surface area contributed by atoms with Crippen LogP contribution in [-0.2, 0) is 10.3 Å². The van der Waals surface area contributed by atoms with Crippen molar-refractivity contribution in [3.05, 3.63) is 175 Å². The highest BCUT2D eigenvalue weighted by Gasteiger charge is 2.48. The van der Waals surface area contributed by atoms with Crippen molar-refractivity contribution in [2.24, 2.45) is 0 Å². The van der Waals surface area contributed by atoms with Gasteiger partial charge in [0.25, 0.3) is 0 Å². The van der Waals surface area contributed by atoms with E-state index in [0.29, 0.717) is 5.56 Å². The lowest BCUT2D eigenvalue weighted by molar-refractivity contribution is 0.0300. The van der Waals surface area contributed by atoms with Gasteiger partial charge in [-0.25, -0.2) is 4.79 Å². The minimum absolute atomic E-state index is 0.0110. The van der Waals surface area contributed by atoms with Crippen LogP contribution >= 0.6 is 46.4 Å². The summed E-state index contributed by atoms with van der Waals surface area (Å²) in [4.78, 5) is 19.5. The quantitative estimate of drug-likeness (QED) is 0.0216. The van der Waals surface area contributed by atoms with Crippen molar-refractivity contribution in [2.45, 2.75) is 136 Å². The number of benzene rings is 5. The molecule has 1 aliphatic rings. The summed E-state index contributed by atoms with van der Waals surface area (Å²) < 4.78 is 6.72. The lowest BCUT2D eigenvalue weighted by Gasteiger charge is -2.28. The zero-order chi connectivity index (χ0) is 48.3. The van der Waals surface area contributed by atoms with Crippen LogP contribution < -0.4 is 9.80 Å². The minimum atomic E-state index is -1.58. The first-order chi connectivity index (χ1) is 33.2. The molecule has 0 radical (unpaired) electrons. The van der Waals surface area contributed by atoms with Crippen LogP contribution in [0, 0.1) is 0 Å². The van der Waals surface area contributed by atoms with Gasteiger partial charge >= 0.3 is 5.97 Å². The molecular weight excluding hydrogens is 922 g/mol. The number of carbonyl (C=O) groups excluding carboxylic acids is 1. The van der Waals surface area contributed by atoms with E-state index in [0.717, 1.165) is 85.3 Å². The summed E-state index contributed by atoms with van der Waals surface area (Å²) in [5.74, 6) is -0.632. The number of unbranched alkanes of at least 4 members (excludes halogenated alkanes) is 12. The Kier molecular flexibility index (Phi) is 21.3. The number of nitrogens with zero attached hydrogens (tertiary/aromatic N) is 2. The van der Waals surface area contributed by atoms with Gasteiger partial charge in [-0.2, -0.15) is 0 Å². The van der Waals surface area contributed by atoms with Crippen molar-refractivity contribution in [2.75, 3.05) is 36.0 Å². The van der Waals surface area contributed by atoms with Crippen LogP contribution in [0.5, 0.6) is 0 Å². The highest BCUT2D eigenvalue weighted by Crippen LogP contribution is 2.53. The van der Waals surface area contributed by atoms with Crippen molar-refractivity contribution >= 4 is 74.9 Å². The first-order valence-corrected chi connectivity index (χ1v) is 27.0. The molecule has 5 aromatic rings. The molecule has 362 valence electrons. The van der Waals surface area contributed by atoms with E-state index >= 15 is 0 Å². The monoisotopic (exact) mass is 992 g/mol. The Morgan fingerprint density at radius 3 is 1.13 bits per heavy atom. The molecule has 0 bridgehead atoms. The zero-order valence-corrected chi connectivity index (χ0v) is 43.9. The number of hydrogen-bond acceptors (Lipinski definition) is 4. The summed E-state index contributed by atoms with van der Waals surface area (Å²) in [7, 11) is 0. The summed E-state index contributed by atoms with van der Waals surface area (Å²) >= 11 is 27.9. The van der Waals surface area contributed by atoms with E-state index in [2.05, 4.69) is 110 Å². The third-order valence-corrected chi connectivity index (χ3v) is 15.0. The molecule has 0 aromatic heterocycles. The molecule has 0 fully saturated rings. The Bertz CT molecular complexity index is 2250. The first-order valence-electron chi connectivity index (χ1n) is 25.5. The molecule has 0 aliphatic carbocycles. The van der Waals surface area contributed by atoms with Gasteiger partial charge in [-0.05, 0) is 95.5 Å². The van der Waals surface area contributed by atoms with E-state index in [9.17, 15) is 4.79 Å². The summed E-state index contributed by atoms with van der Waals surface area (Å²) in [6.45, 7) is 13.1. The molecule has 0 amide bonds. The fourth-order valence-corrected chi connectivity index (χ4v) is 10.5. The predicted molar refractivity (Wildman–Crippen MR) is 294 cm³/mol. The van der Waals surface area contributed by atoms with Gasteiger partial charge in [0.15, 0.2) is 5.60 Å². The SMILES string of the molecule is CCCCCCN(CCCCCC)c1ccc(/C(=C/C2(/C=C(\c3ccccc3)c3ccc(N(CCCCCC)CCCCCC)cc3)OC(=O)c3c(Cl)c(Cl)c(Cl)c(Cl)c32)c2ccccc2)cc1. The van der Waals surface area contributed by atoms with Gasteiger partial charge in [-0.1, -0.05) is 236 Å². The smallest absolute Gasteiger partial charge is 0.341 e. The number of halogens is 4. The maximum absolute atomic E-state index is 14.4. The average molecular weight is 995 g/mol. The second kappa shape index (κ2) is 27.3. The molecule has 4 nitrogen and oxygen atoms in total. The number of fused-ring (bicyclic) bond motifs is 1. The minimum Gasteiger partial charge on any atom is -0.442 e. The van der Waals surface area contributed by atoms with Crippen molar-refractivity contribution in [3.8, 4) is 0 Å². The molecule has 0 atom stereocenters. The Morgan fingerprint density at radius 1 is 0.441 bits per heavy atom. The number of anilines is 2. The van der Waals surface area contributed by atoms with Crippen LogP contribution in [0.1, 0.15) is 169 Å². The number of esters is 1. The van der Waals surface area contributed by atoms with Gasteiger partial charge < -0.3 is 14.5 Å². The summed E-state index contributed by atoms with van der Waals surface area (Å²) in [6, 6.07) is 38.1. The van der Waals surface area contributed by atoms with Gasteiger partial charge in [0.1, 0.15) is 0 Å². The summed E-state index contributed by atoms with van der Waals surface area (Å²) in [5.41, 5.74) is 6.80. The highest BCUT2D eigenvalue weighted by atomic mass is 35.5. The van der Waals surface area contributed by atoms with Gasteiger partial charge in [0.05, 0.1) is 25.7 Å². The number of ether oxygens (including phenoxy) is 1. The third kappa shape index (κ3) is 13.8. The molecule has 1 heterocycles. The average Bonchev–Trinajstić information content (AvgIpc) is 3.66. The van der Waals surface area contributed by atoms with E-state index in [4.69, 9.17) is 51.1 Å². The summed E-state index contributed by atoms with van der Waals surface area (Å²) in [6.07, 6.45) is 23.4. The molecule has 0 saturated carbocycles. The van der Waals surface area contributed by atoms with Crippen LogP contribution in [0.2, 0.25) is 20.1 Å². The zero-order valence-electron chi connectivity index (χ0n) is 40.9. The molecule has 0 saturated heterocycles. The standard InChI is InChI=1S/C60H72Cl4N2O2/c1-5-9-13-23-39-65(40-24-14-10-6-2)49-35-31-47(32-36-49)51(45-27-19-17-20-28-45)43-60(54-53(59(67)68-60)55(61)57(63)58(64)56(54)62)44-52(46-29-21-18-22-30-46)48-33-37-50(38-34-48)66(41-25-15-11-7-3)42-26-16-12-8-4/h17-22,27-38,43-44H,5-16,23-26,39-42H2,1-4H3/b51-43+,52-44+. The van der Waals surface area contributed by atoms with Gasteiger partial charge in [0, 0.05) is 43.1 Å². The van der Waals surface area contributed by atoms with Crippen LogP contribution in [0.15, 0.2) is 121 Å². The van der Waals surface area contributed by atoms with Gasteiger partial charge in [-0.3, -0.25) is 0 Å². The van der Waals surface area contributed by atoms with Crippen molar-refractivity contribution < 1.29 is 9.53 Å². The lowest BCUT2D eigenvalue weighted by Crippen LogP contribution is -2.26. The molecule has 5 aromatic carbocycles. The Morgan fingerprint density at radius 2 is 0.779 bits per heavy atom. The van der Waals surface area contributed by atoms with Crippen molar-refractivity contribution in [1.82, 2.24) is 0 Å². The lowest BCUT2D eigenvalue weighted by atomic mass is 9.83. The maximum Gasteiger partial charge on any atom is 0.341 e. The normalized spacial score (nSPS) is 14.9. The maximum atomic E-state index is 14.4. The Hall–Kier alpha value is -4.19. The van der Waals surface area contributed by atoms with Crippen LogP contribution in [0.4, 0.5) is 11.4 Å². The molecule has 0 unspecified atom stereocenters. The Labute approximate surface area is 428 Å². The van der Waals surface area contributed by atoms with E-state index in [1.165, 1.54) is 88.4 Å². The highest BCUT2D eigenvalue weighted by molar-refractivity contribution is 6.53. The number of carbonyl (C=O) groups is 1. The van der Waals surface area contributed by atoms with Crippen LogP contribution in [-0.4, -0.2) is 32.1 Å². The topological polar surface area (TPSA) is 32.8 Å². The van der Waals surface area contributed by atoms with E-state index in [1.54, 1.807) is 0 Å². The van der Waals surface area contributed by atoms with Crippen molar-refractivity contribution in [1.29, 1.82) is 0 Å². The molecular formula is C60H72Cl4N2O2. The van der Waals surface area contributed by atoms with Crippen molar-refractivity contribution in [3.63, 3.8) is 0 Å². The molecule has 1 aliphatic heterocycles. The number of cyclic esters (lactones) is 1. The fourth-order valence-electron chi connectivity index (χ4n) is 9.38. The van der Waals surface area contributed by atoms with E-state index in [1.807, 2.05) is 48.6 Å². The first kappa shape index (κ1) is 53.2. The van der Waals surface area contributed by atoms with Gasteiger partial charge in [0.2, 0.25) is 0 Å². The second-order valence-corrected chi connectivity index (χ2v) is 19.9. The van der Waals surface area contributed by atoms with E-state index < -0.39 is 11.6 Å². The fraction of sp³-hybridized carbons (Fsp3) is 0.417. The predicted octanol–water partition coefficient (Wildman–Crippen LogP) is 18.9. The van der Waals surface area contributed by atoms with E-state index in [-0.39, 0.29) is 25.7 Å².